The molecule has 1 atom stereocenters. The van der Waals surface area contributed by atoms with Gasteiger partial charge in [0, 0.05) is 38.8 Å². The van der Waals surface area contributed by atoms with Gasteiger partial charge in [-0.2, -0.15) is 0 Å². The van der Waals surface area contributed by atoms with E-state index >= 15 is 0 Å². The van der Waals surface area contributed by atoms with Crippen LogP contribution in [0.4, 0.5) is 0 Å². The molecule has 40 heavy (non-hydrogen) atoms. The fraction of sp³-hybridized carbons (Fsp3) is 0.310. The molecule has 1 N–H and O–H groups in total. The molecule has 0 saturated heterocycles. The fourth-order valence-corrected chi connectivity index (χ4v) is 4.41. The van der Waals surface area contributed by atoms with Gasteiger partial charge in [-0.3, -0.25) is 9.59 Å². The predicted molar refractivity (Wildman–Crippen MR) is 141 cm³/mol. The van der Waals surface area contributed by atoms with Crippen molar-refractivity contribution in [3.05, 3.63) is 65.2 Å². The molecule has 0 fully saturated rings. The highest BCUT2D eigenvalue weighted by Crippen LogP contribution is 2.49. The number of hydrogen-bond donors (Lipinski definition) is 1. The standard InChI is InChI=1S/C29H30O11/c1-16(30)40-22-13-23(33-2)27(37-14-17-9-7-6-8-10-17)28(34-3)25(22)26(32)24(29(35-4)36-5)18-11-20-21(12-19(18)31)39-15-38-20/h6-13,24,29,31H,14-15H2,1-5H3. The number of phenolic OH excluding ortho intramolecular Hbond substituents is 1. The number of carbonyl (C=O) groups excluding carboxylic acids is 2. The third kappa shape index (κ3) is 5.75. The van der Waals surface area contributed by atoms with Crippen LogP contribution in [0.15, 0.2) is 48.5 Å². The Morgan fingerprint density at radius 2 is 1.57 bits per heavy atom. The minimum atomic E-state index is -1.27. The maximum absolute atomic E-state index is 14.5. The van der Waals surface area contributed by atoms with Gasteiger partial charge >= 0.3 is 5.97 Å². The minimum absolute atomic E-state index is 0.0418. The molecule has 0 bridgehead atoms. The molecule has 3 aromatic carbocycles. The van der Waals surface area contributed by atoms with Gasteiger partial charge in [-0.15, -0.1) is 0 Å². The van der Waals surface area contributed by atoms with Crippen molar-refractivity contribution in [2.24, 2.45) is 0 Å². The molecule has 0 amide bonds. The van der Waals surface area contributed by atoms with Gasteiger partial charge in [0.05, 0.1) is 14.2 Å². The molecule has 0 aliphatic carbocycles. The molecule has 212 valence electrons. The molecule has 0 spiro atoms. The first-order chi connectivity index (χ1) is 19.3. The topological polar surface area (TPSA) is 128 Å². The molecule has 0 aromatic heterocycles. The Kier molecular flexibility index (Phi) is 8.97. The zero-order chi connectivity index (χ0) is 28.8. The number of Topliss-reactive ketones (excluding diaryl/α,β-unsaturated/α-hetero) is 1. The van der Waals surface area contributed by atoms with Gasteiger partial charge in [0.2, 0.25) is 12.5 Å². The normalized spacial score (nSPS) is 12.7. The van der Waals surface area contributed by atoms with E-state index in [1.807, 2.05) is 30.3 Å². The number of benzene rings is 3. The summed E-state index contributed by atoms with van der Waals surface area (Å²) in [5, 5.41) is 10.9. The van der Waals surface area contributed by atoms with Crippen molar-refractivity contribution in [2.75, 3.05) is 35.2 Å². The quantitative estimate of drug-likeness (QED) is 0.149. The molecule has 11 heteroatoms. The van der Waals surface area contributed by atoms with E-state index in [1.54, 1.807) is 0 Å². The maximum Gasteiger partial charge on any atom is 0.308 e. The van der Waals surface area contributed by atoms with Gasteiger partial charge in [0.25, 0.3) is 0 Å². The van der Waals surface area contributed by atoms with E-state index in [0.717, 1.165) is 5.56 Å². The minimum Gasteiger partial charge on any atom is -0.507 e. The second kappa shape index (κ2) is 12.6. The smallest absolute Gasteiger partial charge is 0.308 e. The molecular formula is C29H30O11. The number of ether oxygens (including phenoxy) is 8. The molecule has 1 aliphatic heterocycles. The molecule has 0 radical (unpaired) electrons. The number of carbonyl (C=O) groups is 2. The summed E-state index contributed by atoms with van der Waals surface area (Å²) >= 11 is 0. The monoisotopic (exact) mass is 554 g/mol. The number of phenols is 1. The van der Waals surface area contributed by atoms with Crippen LogP contribution in [-0.4, -0.2) is 58.4 Å². The van der Waals surface area contributed by atoms with E-state index < -0.39 is 24.0 Å². The predicted octanol–water partition coefficient (Wildman–Crippen LogP) is 4.23. The number of fused-ring (bicyclic) bond motifs is 1. The van der Waals surface area contributed by atoms with Crippen LogP contribution < -0.4 is 28.4 Å². The van der Waals surface area contributed by atoms with Crippen LogP contribution in [0.25, 0.3) is 0 Å². The van der Waals surface area contributed by atoms with Crippen molar-refractivity contribution in [1.82, 2.24) is 0 Å². The van der Waals surface area contributed by atoms with Crippen molar-refractivity contribution >= 4 is 11.8 Å². The second-order valence-electron chi connectivity index (χ2n) is 8.63. The van der Waals surface area contributed by atoms with E-state index in [-0.39, 0.29) is 53.3 Å². The average molecular weight is 555 g/mol. The summed E-state index contributed by atoms with van der Waals surface area (Å²) in [4.78, 5) is 26.5. The Balaban J connectivity index is 1.91. The molecule has 4 rings (SSSR count). The van der Waals surface area contributed by atoms with E-state index in [4.69, 9.17) is 37.9 Å². The SMILES string of the molecule is COc1cc(OC(C)=O)c(C(=O)C(c2cc3c(cc2O)OCO3)C(OC)OC)c(OC)c1OCc1ccccc1. The third-order valence-corrected chi connectivity index (χ3v) is 6.19. The van der Waals surface area contributed by atoms with Crippen LogP contribution >= 0.6 is 0 Å². The molecule has 0 saturated carbocycles. The van der Waals surface area contributed by atoms with E-state index in [1.165, 1.54) is 53.6 Å². The number of rotatable bonds is 12. The third-order valence-electron chi connectivity index (χ3n) is 6.19. The summed E-state index contributed by atoms with van der Waals surface area (Å²) < 4.78 is 44.5. The van der Waals surface area contributed by atoms with Gasteiger partial charge in [0.1, 0.15) is 29.6 Å². The van der Waals surface area contributed by atoms with Crippen molar-refractivity contribution < 1.29 is 52.6 Å². The van der Waals surface area contributed by atoms with Gasteiger partial charge in [-0.25, -0.2) is 0 Å². The first kappa shape index (κ1) is 28.5. The molecule has 11 nitrogen and oxygen atoms in total. The highest BCUT2D eigenvalue weighted by atomic mass is 16.7. The molecule has 1 unspecified atom stereocenters. The van der Waals surface area contributed by atoms with Crippen molar-refractivity contribution in [3.8, 4) is 40.2 Å². The van der Waals surface area contributed by atoms with Gasteiger partial charge in [0.15, 0.2) is 35.1 Å². The van der Waals surface area contributed by atoms with Crippen LogP contribution in [-0.2, 0) is 20.9 Å². The summed E-state index contributed by atoms with van der Waals surface area (Å²) in [5.41, 5.74) is 0.828. The second-order valence-corrected chi connectivity index (χ2v) is 8.63. The number of hydrogen-bond acceptors (Lipinski definition) is 11. The summed E-state index contributed by atoms with van der Waals surface area (Å²) in [6, 6.07) is 13.5. The summed E-state index contributed by atoms with van der Waals surface area (Å²) in [5.74, 6) is -2.17. The van der Waals surface area contributed by atoms with Crippen LogP contribution in [0.2, 0.25) is 0 Å². The van der Waals surface area contributed by atoms with Gasteiger partial charge < -0.3 is 43.0 Å². The van der Waals surface area contributed by atoms with E-state index in [9.17, 15) is 14.7 Å². The lowest BCUT2D eigenvalue weighted by atomic mass is 9.87. The highest BCUT2D eigenvalue weighted by Gasteiger charge is 2.39. The molecule has 1 heterocycles. The highest BCUT2D eigenvalue weighted by molar-refractivity contribution is 6.07. The number of aromatic hydroxyl groups is 1. The van der Waals surface area contributed by atoms with Crippen LogP contribution in [0.1, 0.15) is 34.3 Å². The Labute approximate surface area is 231 Å². The van der Waals surface area contributed by atoms with Gasteiger partial charge in [-0.05, 0) is 11.6 Å². The maximum atomic E-state index is 14.5. The van der Waals surface area contributed by atoms with E-state index in [2.05, 4.69) is 0 Å². The first-order valence-corrected chi connectivity index (χ1v) is 12.2. The van der Waals surface area contributed by atoms with Crippen molar-refractivity contribution in [3.63, 3.8) is 0 Å². The average Bonchev–Trinajstić information content (AvgIpc) is 3.41. The lowest BCUT2D eigenvalue weighted by Gasteiger charge is -2.27. The number of methoxy groups -OCH3 is 4. The lowest BCUT2D eigenvalue weighted by Crippen LogP contribution is -2.30. The van der Waals surface area contributed by atoms with E-state index in [0.29, 0.717) is 11.5 Å². The van der Waals surface area contributed by atoms with Crippen LogP contribution in [0.5, 0.6) is 40.2 Å². The van der Waals surface area contributed by atoms with Crippen molar-refractivity contribution in [2.45, 2.75) is 25.7 Å². The molecule has 1 aliphatic rings. The number of esters is 1. The van der Waals surface area contributed by atoms with Crippen LogP contribution in [0.3, 0.4) is 0 Å². The zero-order valence-corrected chi connectivity index (χ0v) is 22.7. The summed E-state index contributed by atoms with van der Waals surface area (Å²) in [6.45, 7) is 1.28. The zero-order valence-electron chi connectivity index (χ0n) is 22.7. The lowest BCUT2D eigenvalue weighted by molar-refractivity contribution is -0.131. The Morgan fingerprint density at radius 3 is 2.17 bits per heavy atom. The summed E-state index contributed by atoms with van der Waals surface area (Å²) in [6.07, 6.45) is -1.18. The Morgan fingerprint density at radius 1 is 0.900 bits per heavy atom. The summed E-state index contributed by atoms with van der Waals surface area (Å²) in [7, 11) is 5.45. The fourth-order valence-electron chi connectivity index (χ4n) is 4.41. The first-order valence-electron chi connectivity index (χ1n) is 12.2. The van der Waals surface area contributed by atoms with Gasteiger partial charge in [-0.1, -0.05) is 30.3 Å². The van der Waals surface area contributed by atoms with Crippen LogP contribution in [0, 0.1) is 0 Å². The number of ketones is 1. The molecule has 3 aromatic rings. The largest absolute Gasteiger partial charge is 0.507 e. The Bertz CT molecular complexity index is 1370. The van der Waals surface area contributed by atoms with Crippen molar-refractivity contribution in [1.29, 1.82) is 0 Å². The Hall–Kier alpha value is -4.48. The molecular weight excluding hydrogens is 524 g/mol.